The van der Waals surface area contributed by atoms with Crippen molar-refractivity contribution in [2.75, 3.05) is 11.4 Å². The van der Waals surface area contributed by atoms with Crippen molar-refractivity contribution in [2.24, 2.45) is 5.73 Å². The van der Waals surface area contributed by atoms with E-state index < -0.39 is 0 Å². The van der Waals surface area contributed by atoms with Crippen molar-refractivity contribution in [3.05, 3.63) is 53.9 Å². The average molecular weight is 283 g/mol. The van der Waals surface area contributed by atoms with Crippen LogP contribution < -0.4 is 10.6 Å². The zero-order chi connectivity index (χ0) is 14.8. The molecule has 1 atom stereocenters. The normalized spacial score (nSPS) is 17.6. The van der Waals surface area contributed by atoms with Gasteiger partial charge in [-0.15, -0.1) is 0 Å². The summed E-state index contributed by atoms with van der Waals surface area (Å²) in [7, 11) is 0. The summed E-state index contributed by atoms with van der Waals surface area (Å²) in [4.78, 5) is 14.7. The molecule has 2 heterocycles. The average Bonchev–Trinajstić information content (AvgIpc) is 2.94. The minimum absolute atomic E-state index is 0.00145. The van der Waals surface area contributed by atoms with Crippen LogP contribution in [0, 0.1) is 0 Å². The topological polar surface area (TPSA) is 51.3 Å². The maximum absolute atomic E-state index is 12.9. The molecule has 1 aliphatic heterocycles. The van der Waals surface area contributed by atoms with Crippen molar-refractivity contribution in [2.45, 2.75) is 32.4 Å². The van der Waals surface area contributed by atoms with Gasteiger partial charge in [0.1, 0.15) is 5.69 Å². The molecule has 1 aromatic heterocycles. The van der Waals surface area contributed by atoms with Crippen LogP contribution in [-0.2, 0) is 13.0 Å². The lowest BCUT2D eigenvalue weighted by Gasteiger charge is -2.33. The van der Waals surface area contributed by atoms with E-state index in [1.165, 1.54) is 0 Å². The molecule has 0 aliphatic carbocycles. The summed E-state index contributed by atoms with van der Waals surface area (Å²) in [5, 5.41) is 0. The third-order valence-electron chi connectivity index (χ3n) is 3.94. The van der Waals surface area contributed by atoms with Gasteiger partial charge < -0.3 is 15.2 Å². The van der Waals surface area contributed by atoms with Crippen molar-refractivity contribution in [3.63, 3.8) is 0 Å². The van der Waals surface area contributed by atoms with Crippen LogP contribution in [0.1, 0.15) is 29.4 Å². The number of rotatable bonds is 3. The van der Waals surface area contributed by atoms with Crippen molar-refractivity contribution in [1.29, 1.82) is 0 Å². The molecule has 0 spiro atoms. The van der Waals surface area contributed by atoms with Gasteiger partial charge in [0, 0.05) is 31.0 Å². The third kappa shape index (κ3) is 2.59. The van der Waals surface area contributed by atoms with E-state index in [9.17, 15) is 4.79 Å². The summed E-state index contributed by atoms with van der Waals surface area (Å²) in [6.45, 7) is 3.54. The standard InChI is InChI=1S/C17H21N3O/c1-2-9-19-10-5-8-16(19)17(21)20-12-14(18)11-13-6-3-4-7-15(13)20/h3-8,10,14H,2,9,11-12,18H2,1H3. The van der Waals surface area contributed by atoms with Gasteiger partial charge in [-0.3, -0.25) is 4.79 Å². The first kappa shape index (κ1) is 13.9. The molecule has 2 aromatic rings. The second kappa shape index (κ2) is 5.74. The summed E-state index contributed by atoms with van der Waals surface area (Å²) < 4.78 is 2.02. The molecule has 4 heteroatoms. The number of aryl methyl sites for hydroxylation is 1. The van der Waals surface area contributed by atoms with E-state index in [-0.39, 0.29) is 11.9 Å². The number of carbonyl (C=O) groups excluding carboxylic acids is 1. The number of para-hydroxylation sites is 1. The number of hydrogen-bond acceptors (Lipinski definition) is 2. The lowest BCUT2D eigenvalue weighted by Crippen LogP contribution is -2.46. The lowest BCUT2D eigenvalue weighted by molar-refractivity contribution is 0.0974. The predicted octanol–water partition coefficient (Wildman–Crippen LogP) is 2.43. The molecule has 0 bridgehead atoms. The van der Waals surface area contributed by atoms with Crippen LogP contribution in [0.3, 0.4) is 0 Å². The van der Waals surface area contributed by atoms with Gasteiger partial charge in [-0.1, -0.05) is 25.1 Å². The number of anilines is 1. The molecule has 1 aromatic carbocycles. The predicted molar refractivity (Wildman–Crippen MR) is 84.5 cm³/mol. The molecule has 110 valence electrons. The van der Waals surface area contributed by atoms with E-state index >= 15 is 0 Å². The maximum atomic E-state index is 12.9. The van der Waals surface area contributed by atoms with E-state index in [0.29, 0.717) is 6.54 Å². The van der Waals surface area contributed by atoms with Gasteiger partial charge in [0.15, 0.2) is 0 Å². The van der Waals surface area contributed by atoms with E-state index in [0.717, 1.165) is 36.3 Å². The highest BCUT2D eigenvalue weighted by atomic mass is 16.2. The highest BCUT2D eigenvalue weighted by Crippen LogP contribution is 2.27. The summed E-state index contributed by atoms with van der Waals surface area (Å²) in [5.74, 6) is 0.0380. The minimum Gasteiger partial charge on any atom is -0.344 e. The Hall–Kier alpha value is -2.07. The molecule has 1 aliphatic rings. The summed E-state index contributed by atoms with van der Waals surface area (Å²) in [6.07, 6.45) is 3.80. The largest absolute Gasteiger partial charge is 0.344 e. The Balaban J connectivity index is 1.96. The fraction of sp³-hybridized carbons (Fsp3) is 0.353. The quantitative estimate of drug-likeness (QED) is 0.940. The number of amides is 1. The number of nitrogens with zero attached hydrogens (tertiary/aromatic N) is 2. The van der Waals surface area contributed by atoms with Crippen molar-refractivity contribution in [3.8, 4) is 0 Å². The van der Waals surface area contributed by atoms with Crippen LogP contribution in [-0.4, -0.2) is 23.1 Å². The zero-order valence-corrected chi connectivity index (χ0v) is 12.3. The molecular formula is C17H21N3O. The van der Waals surface area contributed by atoms with E-state index in [4.69, 9.17) is 5.73 Å². The number of fused-ring (bicyclic) bond motifs is 1. The summed E-state index contributed by atoms with van der Waals surface area (Å²) in [6, 6.07) is 11.9. The number of carbonyl (C=O) groups is 1. The Bertz CT molecular complexity index is 647. The van der Waals surface area contributed by atoms with Gasteiger partial charge in [0.25, 0.3) is 5.91 Å². The molecule has 0 saturated heterocycles. The molecular weight excluding hydrogens is 262 g/mol. The molecule has 0 saturated carbocycles. The van der Waals surface area contributed by atoms with Gasteiger partial charge in [0.05, 0.1) is 0 Å². The van der Waals surface area contributed by atoms with Gasteiger partial charge in [-0.25, -0.2) is 0 Å². The second-order valence-corrected chi connectivity index (χ2v) is 5.60. The lowest BCUT2D eigenvalue weighted by atomic mass is 9.98. The molecule has 1 unspecified atom stereocenters. The number of benzene rings is 1. The summed E-state index contributed by atoms with van der Waals surface area (Å²) >= 11 is 0. The SMILES string of the molecule is CCCn1cccc1C(=O)N1CC(N)Cc2ccccc21. The van der Waals surface area contributed by atoms with Gasteiger partial charge in [-0.05, 0) is 36.6 Å². The first-order valence-electron chi connectivity index (χ1n) is 7.51. The Kier molecular flexibility index (Phi) is 3.80. The first-order chi connectivity index (χ1) is 10.2. The molecule has 1 amide bonds. The Labute approximate surface area is 125 Å². The Morgan fingerprint density at radius 1 is 1.29 bits per heavy atom. The van der Waals surface area contributed by atoms with E-state index in [1.54, 1.807) is 0 Å². The van der Waals surface area contributed by atoms with Crippen LogP contribution in [0.15, 0.2) is 42.6 Å². The van der Waals surface area contributed by atoms with Gasteiger partial charge >= 0.3 is 0 Å². The smallest absolute Gasteiger partial charge is 0.274 e. The van der Waals surface area contributed by atoms with Crippen molar-refractivity contribution >= 4 is 11.6 Å². The van der Waals surface area contributed by atoms with Crippen molar-refractivity contribution < 1.29 is 4.79 Å². The molecule has 2 N–H and O–H groups in total. The second-order valence-electron chi connectivity index (χ2n) is 5.60. The highest BCUT2D eigenvalue weighted by Gasteiger charge is 2.28. The van der Waals surface area contributed by atoms with Crippen LogP contribution in [0.4, 0.5) is 5.69 Å². The third-order valence-corrected chi connectivity index (χ3v) is 3.94. The maximum Gasteiger partial charge on any atom is 0.274 e. The molecule has 0 fully saturated rings. The Morgan fingerprint density at radius 3 is 2.90 bits per heavy atom. The van der Waals surface area contributed by atoms with Crippen LogP contribution in [0.2, 0.25) is 0 Å². The molecule has 4 nitrogen and oxygen atoms in total. The first-order valence-corrected chi connectivity index (χ1v) is 7.51. The Morgan fingerprint density at radius 2 is 2.10 bits per heavy atom. The van der Waals surface area contributed by atoms with Gasteiger partial charge in [-0.2, -0.15) is 0 Å². The number of aromatic nitrogens is 1. The fourth-order valence-electron chi connectivity index (χ4n) is 3.00. The number of nitrogens with two attached hydrogens (primary N) is 1. The fourth-order valence-corrected chi connectivity index (χ4v) is 3.00. The van der Waals surface area contributed by atoms with Crippen molar-refractivity contribution in [1.82, 2.24) is 4.57 Å². The number of hydrogen-bond donors (Lipinski definition) is 1. The zero-order valence-electron chi connectivity index (χ0n) is 12.3. The van der Waals surface area contributed by atoms with Crippen LogP contribution >= 0.6 is 0 Å². The molecule has 0 radical (unpaired) electrons. The minimum atomic E-state index is -0.00145. The molecule has 3 rings (SSSR count). The van der Waals surface area contributed by atoms with Crippen LogP contribution in [0.5, 0.6) is 0 Å². The van der Waals surface area contributed by atoms with Gasteiger partial charge in [0.2, 0.25) is 0 Å². The monoisotopic (exact) mass is 283 g/mol. The van der Waals surface area contributed by atoms with E-state index in [2.05, 4.69) is 13.0 Å². The molecule has 21 heavy (non-hydrogen) atoms. The van der Waals surface area contributed by atoms with Crippen LogP contribution in [0.25, 0.3) is 0 Å². The highest BCUT2D eigenvalue weighted by molar-refractivity contribution is 6.05. The summed E-state index contributed by atoms with van der Waals surface area (Å²) in [5.41, 5.74) is 9.01. The van der Waals surface area contributed by atoms with E-state index in [1.807, 2.05) is 46.0 Å².